The minimum atomic E-state index is 0.282. The number of aromatic nitrogens is 3. The van der Waals surface area contributed by atoms with Crippen molar-refractivity contribution in [1.29, 1.82) is 0 Å². The van der Waals surface area contributed by atoms with E-state index in [4.69, 9.17) is 4.52 Å². The van der Waals surface area contributed by atoms with Gasteiger partial charge in [0.15, 0.2) is 11.8 Å². The molecule has 0 atom stereocenters. The number of aliphatic imine (C=N–C) groups is 1. The minimum Gasteiger partial charge on any atom is -0.356 e. The summed E-state index contributed by atoms with van der Waals surface area (Å²) in [6.07, 6.45) is 2.72. The second-order valence-corrected chi connectivity index (χ2v) is 5.89. The van der Waals surface area contributed by atoms with E-state index in [-0.39, 0.29) is 5.92 Å². The van der Waals surface area contributed by atoms with Crippen LogP contribution in [0.4, 0.5) is 0 Å². The third-order valence-corrected chi connectivity index (χ3v) is 3.65. The predicted octanol–water partition coefficient (Wildman–Crippen LogP) is 1.78. The molecule has 0 fully saturated rings. The van der Waals surface area contributed by atoms with Gasteiger partial charge in [-0.1, -0.05) is 19.0 Å². The summed E-state index contributed by atoms with van der Waals surface area (Å²) in [6, 6.07) is 4.15. The quantitative estimate of drug-likeness (QED) is 0.649. The summed E-state index contributed by atoms with van der Waals surface area (Å²) in [5, 5.41) is 7.30. The van der Waals surface area contributed by atoms with E-state index in [2.05, 4.69) is 36.0 Å². The molecule has 0 aliphatic rings. The van der Waals surface area contributed by atoms with Crippen LogP contribution in [0.5, 0.6) is 0 Å². The van der Waals surface area contributed by atoms with Gasteiger partial charge in [0, 0.05) is 51.9 Å². The Balaban J connectivity index is 1.83. The summed E-state index contributed by atoms with van der Waals surface area (Å²) < 4.78 is 7.35. The zero-order chi connectivity index (χ0) is 16.8. The number of guanidine groups is 1. The highest BCUT2D eigenvalue weighted by Gasteiger charge is 2.11. The Morgan fingerprint density at radius 3 is 2.83 bits per heavy atom. The van der Waals surface area contributed by atoms with E-state index >= 15 is 0 Å². The maximum atomic E-state index is 5.24. The summed E-state index contributed by atoms with van der Waals surface area (Å²) in [5.41, 5.74) is 1.23. The van der Waals surface area contributed by atoms with Gasteiger partial charge in [-0.3, -0.25) is 4.99 Å². The molecule has 0 unspecified atom stereocenters. The molecule has 0 saturated heterocycles. The molecule has 7 nitrogen and oxygen atoms in total. The van der Waals surface area contributed by atoms with Crippen LogP contribution in [-0.4, -0.2) is 46.2 Å². The maximum Gasteiger partial charge on any atom is 0.228 e. The van der Waals surface area contributed by atoms with Gasteiger partial charge in [0.2, 0.25) is 5.89 Å². The molecule has 0 aromatic carbocycles. The van der Waals surface area contributed by atoms with Gasteiger partial charge in [-0.15, -0.1) is 0 Å². The Kier molecular flexibility index (Phi) is 5.78. The van der Waals surface area contributed by atoms with Crippen molar-refractivity contribution in [3.63, 3.8) is 0 Å². The van der Waals surface area contributed by atoms with Gasteiger partial charge < -0.3 is 19.3 Å². The standard InChI is InChI=1S/C16H26N6O/c1-12(2)15-19-14(23-20-15)8-9-18-16(17-3)22(5)11-13-7-6-10-21(13)4/h6-7,10,12H,8-9,11H2,1-5H3,(H,17,18). The van der Waals surface area contributed by atoms with Crippen molar-refractivity contribution < 1.29 is 4.52 Å². The van der Waals surface area contributed by atoms with E-state index in [1.54, 1.807) is 7.05 Å². The topological polar surface area (TPSA) is 71.5 Å². The van der Waals surface area contributed by atoms with Gasteiger partial charge in [0.1, 0.15) is 0 Å². The zero-order valence-electron chi connectivity index (χ0n) is 14.6. The summed E-state index contributed by atoms with van der Waals surface area (Å²) >= 11 is 0. The monoisotopic (exact) mass is 318 g/mol. The third-order valence-electron chi connectivity index (χ3n) is 3.65. The number of nitrogens with one attached hydrogen (secondary N) is 1. The van der Waals surface area contributed by atoms with Gasteiger partial charge >= 0.3 is 0 Å². The van der Waals surface area contributed by atoms with Crippen LogP contribution in [-0.2, 0) is 20.0 Å². The molecule has 0 aliphatic carbocycles. The first-order valence-corrected chi connectivity index (χ1v) is 7.85. The molecule has 0 saturated carbocycles. The Bertz CT molecular complexity index is 643. The Labute approximate surface area is 137 Å². The Morgan fingerprint density at radius 1 is 1.48 bits per heavy atom. The Morgan fingerprint density at radius 2 is 2.26 bits per heavy atom. The van der Waals surface area contributed by atoms with Crippen molar-refractivity contribution in [2.75, 3.05) is 20.6 Å². The van der Waals surface area contributed by atoms with Crippen molar-refractivity contribution in [2.45, 2.75) is 32.7 Å². The molecule has 126 valence electrons. The van der Waals surface area contributed by atoms with Crippen LogP contribution in [0.3, 0.4) is 0 Å². The molecule has 0 bridgehead atoms. The van der Waals surface area contributed by atoms with Crippen molar-refractivity contribution in [3.8, 4) is 0 Å². The average Bonchev–Trinajstić information content (AvgIpc) is 3.13. The predicted molar refractivity (Wildman–Crippen MR) is 90.3 cm³/mol. The van der Waals surface area contributed by atoms with Gasteiger partial charge in [-0.2, -0.15) is 4.98 Å². The molecule has 0 spiro atoms. The van der Waals surface area contributed by atoms with Gasteiger partial charge in [0.25, 0.3) is 0 Å². The summed E-state index contributed by atoms with van der Waals surface area (Å²) in [5.74, 6) is 2.53. The first kappa shape index (κ1) is 17.1. The van der Waals surface area contributed by atoms with Crippen LogP contribution < -0.4 is 5.32 Å². The fraction of sp³-hybridized carbons (Fsp3) is 0.562. The maximum absolute atomic E-state index is 5.24. The fourth-order valence-electron chi connectivity index (χ4n) is 2.25. The molecule has 1 N–H and O–H groups in total. The number of hydrogen-bond donors (Lipinski definition) is 1. The van der Waals surface area contributed by atoms with E-state index in [9.17, 15) is 0 Å². The van der Waals surface area contributed by atoms with Crippen LogP contribution in [0.1, 0.15) is 37.2 Å². The van der Waals surface area contributed by atoms with Crippen molar-refractivity contribution in [2.24, 2.45) is 12.0 Å². The second kappa shape index (κ2) is 7.80. The van der Waals surface area contributed by atoms with Crippen LogP contribution in [0.15, 0.2) is 27.8 Å². The number of hydrogen-bond acceptors (Lipinski definition) is 4. The lowest BCUT2D eigenvalue weighted by Gasteiger charge is -2.22. The van der Waals surface area contributed by atoms with E-state index in [0.29, 0.717) is 18.9 Å². The first-order chi connectivity index (χ1) is 11.0. The number of rotatable bonds is 6. The molecule has 0 aliphatic heterocycles. The highest BCUT2D eigenvalue weighted by molar-refractivity contribution is 5.79. The molecule has 2 heterocycles. The smallest absolute Gasteiger partial charge is 0.228 e. The molecule has 23 heavy (non-hydrogen) atoms. The van der Waals surface area contributed by atoms with E-state index in [0.717, 1.165) is 18.3 Å². The fourth-order valence-corrected chi connectivity index (χ4v) is 2.25. The molecule has 0 amide bonds. The van der Waals surface area contributed by atoms with Gasteiger partial charge in [0.05, 0.1) is 6.54 Å². The van der Waals surface area contributed by atoms with Crippen molar-refractivity contribution in [3.05, 3.63) is 35.7 Å². The van der Waals surface area contributed by atoms with Crippen molar-refractivity contribution in [1.82, 2.24) is 24.9 Å². The van der Waals surface area contributed by atoms with E-state index in [1.165, 1.54) is 5.69 Å². The van der Waals surface area contributed by atoms with E-state index in [1.807, 2.05) is 40.2 Å². The van der Waals surface area contributed by atoms with Crippen LogP contribution in [0, 0.1) is 0 Å². The number of nitrogens with zero attached hydrogens (tertiary/aromatic N) is 5. The van der Waals surface area contributed by atoms with Crippen LogP contribution in [0.25, 0.3) is 0 Å². The SMILES string of the molecule is CN=C(NCCc1nc(C(C)C)no1)N(C)Cc1cccn1C. The molecule has 0 radical (unpaired) electrons. The molecule has 2 aromatic rings. The molecular formula is C16H26N6O. The summed E-state index contributed by atoms with van der Waals surface area (Å²) in [6.45, 7) is 5.59. The lowest BCUT2D eigenvalue weighted by Crippen LogP contribution is -2.39. The zero-order valence-corrected chi connectivity index (χ0v) is 14.6. The normalized spacial score (nSPS) is 12.0. The largest absolute Gasteiger partial charge is 0.356 e. The second-order valence-electron chi connectivity index (χ2n) is 5.89. The summed E-state index contributed by atoms with van der Waals surface area (Å²) in [7, 11) is 5.85. The minimum absolute atomic E-state index is 0.282. The van der Waals surface area contributed by atoms with Crippen LogP contribution in [0.2, 0.25) is 0 Å². The Hall–Kier alpha value is -2.31. The van der Waals surface area contributed by atoms with Crippen LogP contribution >= 0.6 is 0 Å². The van der Waals surface area contributed by atoms with E-state index < -0.39 is 0 Å². The highest BCUT2D eigenvalue weighted by atomic mass is 16.5. The summed E-state index contributed by atoms with van der Waals surface area (Å²) in [4.78, 5) is 10.8. The lowest BCUT2D eigenvalue weighted by molar-refractivity contribution is 0.370. The lowest BCUT2D eigenvalue weighted by atomic mass is 10.2. The average molecular weight is 318 g/mol. The third kappa shape index (κ3) is 4.58. The first-order valence-electron chi connectivity index (χ1n) is 7.85. The van der Waals surface area contributed by atoms with Gasteiger partial charge in [-0.05, 0) is 12.1 Å². The molecular weight excluding hydrogens is 292 g/mol. The molecule has 2 rings (SSSR count). The van der Waals surface area contributed by atoms with Gasteiger partial charge in [-0.25, -0.2) is 0 Å². The van der Waals surface area contributed by atoms with Crippen molar-refractivity contribution >= 4 is 5.96 Å². The number of aryl methyl sites for hydroxylation is 1. The molecule has 7 heteroatoms. The highest BCUT2D eigenvalue weighted by Crippen LogP contribution is 2.09. The molecule has 2 aromatic heterocycles.